The number of nitrogens with zero attached hydrogens (tertiary/aromatic N) is 4. The molecule has 8 heteroatoms. The second-order valence-corrected chi connectivity index (χ2v) is 9.82. The van der Waals surface area contributed by atoms with Crippen LogP contribution >= 0.6 is 0 Å². The van der Waals surface area contributed by atoms with Gasteiger partial charge < -0.3 is 20.0 Å². The van der Waals surface area contributed by atoms with Gasteiger partial charge in [0, 0.05) is 38.3 Å². The molecule has 1 aliphatic carbocycles. The standard InChI is InChI=1S/C23H35B2N5O/c1-17(2)28-11-8-19(9-12-28)30-15-14-29(13-10-23(30,24)25)21-5-3-4-20(27-21)22(31)26-16-18-6-7-18/h3-5,17-19H,6-16H2,1-2H3,(H,26,31). The fourth-order valence-corrected chi connectivity index (χ4v) is 4.85. The Morgan fingerprint density at radius 3 is 2.55 bits per heavy atom. The van der Waals surface area contributed by atoms with E-state index in [4.69, 9.17) is 15.7 Å². The van der Waals surface area contributed by atoms with Crippen molar-refractivity contribution in [1.82, 2.24) is 20.1 Å². The highest BCUT2D eigenvalue weighted by molar-refractivity contribution is 6.40. The summed E-state index contributed by atoms with van der Waals surface area (Å²) in [6.07, 6.45) is 5.30. The van der Waals surface area contributed by atoms with Gasteiger partial charge in [-0.2, -0.15) is 0 Å². The second-order valence-electron chi connectivity index (χ2n) is 9.82. The number of carbonyl (C=O) groups is 1. The zero-order valence-electron chi connectivity index (χ0n) is 19.1. The van der Waals surface area contributed by atoms with E-state index in [1.807, 2.05) is 12.1 Å². The van der Waals surface area contributed by atoms with Gasteiger partial charge in [0.1, 0.15) is 11.5 Å². The number of carbonyl (C=O) groups excluding carboxylic acids is 1. The molecular formula is C23H35B2N5O. The van der Waals surface area contributed by atoms with Gasteiger partial charge in [-0.05, 0) is 77.1 Å². The van der Waals surface area contributed by atoms with E-state index in [0.29, 0.717) is 30.1 Å². The number of piperidine rings is 1. The minimum absolute atomic E-state index is 0.0888. The molecule has 0 spiro atoms. The predicted molar refractivity (Wildman–Crippen MR) is 127 cm³/mol. The molecule has 31 heavy (non-hydrogen) atoms. The van der Waals surface area contributed by atoms with Crippen LogP contribution in [-0.4, -0.2) is 93.1 Å². The Morgan fingerprint density at radius 1 is 1.13 bits per heavy atom. The van der Waals surface area contributed by atoms with Crippen molar-refractivity contribution in [2.45, 2.75) is 63.4 Å². The van der Waals surface area contributed by atoms with E-state index in [1.165, 1.54) is 12.8 Å². The molecule has 1 N–H and O–H groups in total. The first-order chi connectivity index (χ1) is 14.8. The van der Waals surface area contributed by atoms with E-state index in [0.717, 1.165) is 57.9 Å². The van der Waals surface area contributed by atoms with Crippen LogP contribution in [0.15, 0.2) is 18.2 Å². The number of likely N-dealkylation sites (tertiary alicyclic amines) is 1. The largest absolute Gasteiger partial charge is 0.355 e. The van der Waals surface area contributed by atoms with Gasteiger partial charge in [-0.25, -0.2) is 4.98 Å². The number of amides is 1. The van der Waals surface area contributed by atoms with E-state index in [2.05, 4.69) is 38.8 Å². The van der Waals surface area contributed by atoms with E-state index >= 15 is 0 Å². The summed E-state index contributed by atoms with van der Waals surface area (Å²) < 4.78 is 0. The van der Waals surface area contributed by atoms with E-state index in [9.17, 15) is 4.79 Å². The molecule has 0 aromatic carbocycles. The molecule has 2 saturated heterocycles. The SMILES string of the molecule is [B]C1([B])CCN(c2cccc(C(=O)NCC3CC3)n2)CCN1C1CCN(C(C)C)CC1. The summed E-state index contributed by atoms with van der Waals surface area (Å²) in [5, 5.41) is 2.19. The van der Waals surface area contributed by atoms with Gasteiger partial charge in [0.05, 0.1) is 15.7 Å². The van der Waals surface area contributed by atoms with Gasteiger partial charge in [-0.3, -0.25) is 4.79 Å². The van der Waals surface area contributed by atoms with Gasteiger partial charge in [0.2, 0.25) is 0 Å². The fourth-order valence-electron chi connectivity index (χ4n) is 4.85. The molecule has 0 atom stereocenters. The number of rotatable bonds is 6. The van der Waals surface area contributed by atoms with Gasteiger partial charge in [-0.15, -0.1) is 0 Å². The van der Waals surface area contributed by atoms with Crippen molar-refractivity contribution in [3.8, 4) is 0 Å². The zero-order valence-corrected chi connectivity index (χ0v) is 19.1. The molecule has 4 rings (SSSR count). The maximum absolute atomic E-state index is 12.5. The van der Waals surface area contributed by atoms with E-state index in [1.54, 1.807) is 6.07 Å². The Morgan fingerprint density at radius 2 is 1.87 bits per heavy atom. The number of pyridine rings is 1. The third-order valence-corrected chi connectivity index (χ3v) is 7.14. The van der Waals surface area contributed by atoms with Crippen LogP contribution in [0.3, 0.4) is 0 Å². The molecule has 2 aliphatic heterocycles. The van der Waals surface area contributed by atoms with Gasteiger partial charge in [0.25, 0.3) is 5.91 Å². The highest BCUT2D eigenvalue weighted by Crippen LogP contribution is 2.29. The van der Waals surface area contributed by atoms with Crippen LogP contribution in [0, 0.1) is 5.92 Å². The lowest BCUT2D eigenvalue weighted by Gasteiger charge is -2.47. The molecular weight excluding hydrogens is 384 g/mol. The Hall–Kier alpha value is -1.53. The van der Waals surface area contributed by atoms with Crippen molar-refractivity contribution in [2.75, 3.05) is 44.2 Å². The summed E-state index contributed by atoms with van der Waals surface area (Å²) >= 11 is 0. The average molecular weight is 419 g/mol. The molecule has 3 aliphatic rings. The van der Waals surface area contributed by atoms with Gasteiger partial charge in [0.15, 0.2) is 0 Å². The van der Waals surface area contributed by atoms with Crippen molar-refractivity contribution < 1.29 is 4.79 Å². The lowest BCUT2D eigenvalue weighted by atomic mass is 9.58. The van der Waals surface area contributed by atoms with Crippen molar-refractivity contribution >= 4 is 27.4 Å². The normalized spacial score (nSPS) is 23.6. The molecule has 1 aromatic rings. The summed E-state index contributed by atoms with van der Waals surface area (Å²) in [5.74, 6) is 1.39. The van der Waals surface area contributed by atoms with Crippen LogP contribution in [0.5, 0.6) is 0 Å². The number of hydrogen-bond donors (Lipinski definition) is 1. The van der Waals surface area contributed by atoms with Crippen LogP contribution in [0.2, 0.25) is 0 Å². The maximum atomic E-state index is 12.5. The highest BCUT2D eigenvalue weighted by Gasteiger charge is 2.36. The van der Waals surface area contributed by atoms with Gasteiger partial charge in [-0.1, -0.05) is 11.4 Å². The Kier molecular flexibility index (Phi) is 6.97. The molecule has 1 saturated carbocycles. The third kappa shape index (κ3) is 5.64. The Balaban J connectivity index is 1.39. The zero-order chi connectivity index (χ0) is 22.0. The summed E-state index contributed by atoms with van der Waals surface area (Å²) in [7, 11) is 13.2. The van der Waals surface area contributed by atoms with Crippen LogP contribution in [0.4, 0.5) is 5.82 Å². The monoisotopic (exact) mass is 419 g/mol. The lowest BCUT2D eigenvalue weighted by molar-refractivity contribution is 0.0767. The molecule has 164 valence electrons. The maximum Gasteiger partial charge on any atom is 0.269 e. The molecule has 4 radical (unpaired) electrons. The molecule has 3 fully saturated rings. The Bertz CT molecular complexity index is 762. The van der Waals surface area contributed by atoms with Crippen LogP contribution < -0.4 is 10.2 Å². The minimum atomic E-state index is -0.821. The molecule has 1 amide bonds. The van der Waals surface area contributed by atoms with Gasteiger partial charge >= 0.3 is 0 Å². The van der Waals surface area contributed by atoms with Crippen LogP contribution in [-0.2, 0) is 0 Å². The number of anilines is 1. The summed E-state index contributed by atoms with van der Waals surface area (Å²) in [5.41, 5.74) is 0.479. The van der Waals surface area contributed by atoms with E-state index < -0.39 is 5.34 Å². The van der Waals surface area contributed by atoms with Crippen molar-refractivity contribution in [3.63, 3.8) is 0 Å². The summed E-state index contributed by atoms with van der Waals surface area (Å²) in [6, 6.07) is 6.67. The van der Waals surface area contributed by atoms with Crippen LogP contribution in [0.25, 0.3) is 0 Å². The number of nitrogens with one attached hydrogen (secondary N) is 1. The average Bonchev–Trinajstić information content (AvgIpc) is 3.60. The molecule has 0 unspecified atom stereocenters. The quantitative estimate of drug-likeness (QED) is 0.711. The predicted octanol–water partition coefficient (Wildman–Crippen LogP) is 1.60. The van der Waals surface area contributed by atoms with Crippen molar-refractivity contribution in [2.24, 2.45) is 5.92 Å². The van der Waals surface area contributed by atoms with Crippen LogP contribution in [0.1, 0.15) is 56.4 Å². The fraction of sp³-hybridized carbons (Fsp3) is 0.739. The number of aromatic nitrogens is 1. The van der Waals surface area contributed by atoms with Crippen molar-refractivity contribution in [3.05, 3.63) is 23.9 Å². The first-order valence-corrected chi connectivity index (χ1v) is 11.9. The third-order valence-electron chi connectivity index (χ3n) is 7.14. The lowest BCUT2D eigenvalue weighted by Crippen LogP contribution is -2.58. The topological polar surface area (TPSA) is 51.7 Å². The first-order valence-electron chi connectivity index (χ1n) is 11.9. The highest BCUT2D eigenvalue weighted by atomic mass is 16.1. The first kappa shape index (κ1) is 22.7. The minimum Gasteiger partial charge on any atom is -0.355 e. The second kappa shape index (κ2) is 9.53. The molecule has 1 aromatic heterocycles. The van der Waals surface area contributed by atoms with E-state index in [-0.39, 0.29) is 5.91 Å². The smallest absolute Gasteiger partial charge is 0.269 e. The molecule has 3 heterocycles. The van der Waals surface area contributed by atoms with Crippen molar-refractivity contribution in [1.29, 1.82) is 0 Å². The Labute approximate surface area is 189 Å². The summed E-state index contributed by atoms with van der Waals surface area (Å²) in [6.45, 7) is 9.80. The number of hydrogen-bond acceptors (Lipinski definition) is 5. The molecule has 0 bridgehead atoms. The molecule has 6 nitrogen and oxygen atoms in total. The summed E-state index contributed by atoms with van der Waals surface area (Å²) in [4.78, 5) is 24.2.